The van der Waals surface area contributed by atoms with Crippen LogP contribution in [0.15, 0.2) is 0 Å². The third-order valence-electron chi connectivity index (χ3n) is 4.87. The van der Waals surface area contributed by atoms with Gasteiger partial charge in [0, 0.05) is 6.42 Å². The molecule has 1 atom stereocenters. The van der Waals surface area contributed by atoms with Gasteiger partial charge in [-0.1, -0.05) is 90.9 Å². The number of carbonyl (C=O) groups is 1. The fraction of sp³-hybridized carbons (Fsp3) is 0.900. The number of carboxylic acid groups (broad SMARTS) is 1. The van der Waals surface area contributed by atoms with Crippen LogP contribution in [0.3, 0.4) is 0 Å². The van der Waals surface area contributed by atoms with Crippen LogP contribution >= 0.6 is 0 Å². The van der Waals surface area contributed by atoms with Gasteiger partial charge in [0.2, 0.25) is 0 Å². The summed E-state index contributed by atoms with van der Waals surface area (Å²) in [5.41, 5.74) is 0. The lowest BCUT2D eigenvalue weighted by Gasteiger charge is -2.09. The minimum absolute atomic E-state index is 0.567. The molecule has 6 nitrogen and oxygen atoms in total. The summed E-state index contributed by atoms with van der Waals surface area (Å²) in [6.45, 7) is 4.36. The first-order valence-electron chi connectivity index (χ1n) is 10.7. The van der Waals surface area contributed by atoms with Gasteiger partial charge >= 0.3 is 5.97 Å². The Morgan fingerprint density at radius 3 is 2.00 bits per heavy atom. The van der Waals surface area contributed by atoms with Crippen molar-refractivity contribution in [2.75, 3.05) is 0 Å². The van der Waals surface area contributed by atoms with Crippen LogP contribution in [-0.2, 0) is 11.2 Å². The van der Waals surface area contributed by atoms with E-state index in [1.165, 1.54) is 62.6 Å². The number of hydrogen-bond acceptors (Lipinski definition) is 4. The number of nitrogens with zero attached hydrogens (tertiary/aromatic N) is 4. The Bertz CT molecular complexity index is 476. The van der Waals surface area contributed by atoms with E-state index in [1.807, 2.05) is 0 Å². The average molecular weight is 367 g/mol. The lowest BCUT2D eigenvalue weighted by Crippen LogP contribution is -2.21. The fourth-order valence-electron chi connectivity index (χ4n) is 3.18. The van der Waals surface area contributed by atoms with Gasteiger partial charge in [-0.15, -0.1) is 15.0 Å². The Labute approximate surface area is 158 Å². The first-order chi connectivity index (χ1) is 12.7. The predicted molar refractivity (Wildman–Crippen MR) is 104 cm³/mol. The van der Waals surface area contributed by atoms with Gasteiger partial charge < -0.3 is 5.11 Å². The molecule has 0 aromatic carbocycles. The average Bonchev–Trinajstić information content (AvgIpc) is 3.08. The summed E-state index contributed by atoms with van der Waals surface area (Å²) in [6.07, 6.45) is 17.3. The Morgan fingerprint density at radius 1 is 0.885 bits per heavy atom. The van der Waals surface area contributed by atoms with E-state index >= 15 is 0 Å². The number of aromatic nitrogens is 4. The minimum atomic E-state index is -0.871. The van der Waals surface area contributed by atoms with Crippen molar-refractivity contribution in [2.24, 2.45) is 0 Å². The van der Waals surface area contributed by atoms with Crippen molar-refractivity contribution < 1.29 is 9.90 Å². The lowest BCUT2D eigenvalue weighted by molar-refractivity contribution is -0.141. The standard InChI is InChI=1S/C20H38N4O2/c1-3-5-7-8-9-10-11-12-13-15-17-19-21-23-24(22-19)18(20(25)26)16-14-6-4-2/h18H,3-17H2,1-2H3,(H,25,26). The van der Waals surface area contributed by atoms with Crippen LogP contribution < -0.4 is 0 Å². The zero-order valence-electron chi connectivity index (χ0n) is 16.8. The van der Waals surface area contributed by atoms with Gasteiger partial charge in [0.05, 0.1) is 0 Å². The van der Waals surface area contributed by atoms with Gasteiger partial charge in [-0.25, -0.2) is 4.79 Å². The van der Waals surface area contributed by atoms with E-state index < -0.39 is 12.0 Å². The van der Waals surface area contributed by atoms with E-state index in [2.05, 4.69) is 29.3 Å². The molecule has 0 aliphatic rings. The highest BCUT2D eigenvalue weighted by Gasteiger charge is 2.22. The maximum Gasteiger partial charge on any atom is 0.330 e. The number of aryl methyl sites for hydroxylation is 1. The molecule has 1 aromatic rings. The van der Waals surface area contributed by atoms with Gasteiger partial charge in [-0.05, 0) is 18.1 Å². The van der Waals surface area contributed by atoms with Crippen molar-refractivity contribution in [3.63, 3.8) is 0 Å². The number of carboxylic acids is 1. The number of rotatable bonds is 17. The van der Waals surface area contributed by atoms with Crippen molar-refractivity contribution in [1.82, 2.24) is 20.2 Å². The number of unbranched alkanes of at least 4 members (excludes halogenated alkanes) is 11. The van der Waals surface area contributed by atoms with Gasteiger partial charge in [0.15, 0.2) is 11.9 Å². The van der Waals surface area contributed by atoms with Crippen molar-refractivity contribution in [2.45, 2.75) is 116 Å². The molecule has 0 saturated carbocycles. The van der Waals surface area contributed by atoms with E-state index in [-0.39, 0.29) is 0 Å². The Balaban J connectivity index is 2.17. The number of tetrazole rings is 1. The maximum atomic E-state index is 11.4. The van der Waals surface area contributed by atoms with Crippen molar-refractivity contribution in [3.05, 3.63) is 5.82 Å². The highest BCUT2D eigenvalue weighted by Crippen LogP contribution is 2.15. The molecular weight excluding hydrogens is 328 g/mol. The van der Waals surface area contributed by atoms with Gasteiger partial charge in [-0.2, -0.15) is 0 Å². The predicted octanol–water partition coefficient (Wildman–Crippen LogP) is 5.34. The van der Waals surface area contributed by atoms with E-state index in [9.17, 15) is 9.90 Å². The number of aliphatic carboxylic acids is 1. The molecule has 0 spiro atoms. The van der Waals surface area contributed by atoms with Crippen molar-refractivity contribution in [1.29, 1.82) is 0 Å². The van der Waals surface area contributed by atoms with Crippen LogP contribution in [0.1, 0.15) is 116 Å². The molecule has 1 N–H and O–H groups in total. The first-order valence-corrected chi connectivity index (χ1v) is 10.7. The molecule has 0 fully saturated rings. The third-order valence-corrected chi connectivity index (χ3v) is 4.87. The van der Waals surface area contributed by atoms with Crippen LogP contribution in [0.5, 0.6) is 0 Å². The molecular formula is C20H38N4O2. The Hall–Kier alpha value is -1.46. The zero-order valence-corrected chi connectivity index (χ0v) is 16.8. The van der Waals surface area contributed by atoms with Crippen LogP contribution in [0, 0.1) is 0 Å². The molecule has 0 aliphatic heterocycles. The van der Waals surface area contributed by atoms with E-state index in [4.69, 9.17) is 0 Å². The second-order valence-electron chi connectivity index (χ2n) is 7.31. The zero-order chi connectivity index (χ0) is 19.0. The highest BCUT2D eigenvalue weighted by molar-refractivity contribution is 5.71. The summed E-state index contributed by atoms with van der Waals surface area (Å²) in [6, 6.07) is -0.685. The SMILES string of the molecule is CCCCCCCCCCCCc1nnn(C(CCCCC)C(=O)O)n1. The van der Waals surface area contributed by atoms with Crippen LogP contribution in [-0.4, -0.2) is 31.3 Å². The minimum Gasteiger partial charge on any atom is -0.480 e. The van der Waals surface area contributed by atoms with E-state index in [1.54, 1.807) is 0 Å². The smallest absolute Gasteiger partial charge is 0.330 e. The summed E-state index contributed by atoms with van der Waals surface area (Å²) in [5.74, 6) is -0.199. The largest absolute Gasteiger partial charge is 0.480 e. The second-order valence-corrected chi connectivity index (χ2v) is 7.31. The molecule has 6 heteroatoms. The number of hydrogen-bond donors (Lipinski definition) is 1. The van der Waals surface area contributed by atoms with Crippen LogP contribution in [0.25, 0.3) is 0 Å². The molecule has 1 heterocycles. The summed E-state index contributed by atoms with van der Waals surface area (Å²) in [5, 5.41) is 21.7. The molecule has 26 heavy (non-hydrogen) atoms. The summed E-state index contributed by atoms with van der Waals surface area (Å²) >= 11 is 0. The monoisotopic (exact) mass is 366 g/mol. The molecule has 150 valence electrons. The topological polar surface area (TPSA) is 80.9 Å². The van der Waals surface area contributed by atoms with Gasteiger partial charge in [0.25, 0.3) is 0 Å². The molecule has 0 radical (unpaired) electrons. The van der Waals surface area contributed by atoms with Gasteiger partial charge in [0.1, 0.15) is 0 Å². The summed E-state index contributed by atoms with van der Waals surface area (Å²) in [7, 11) is 0. The van der Waals surface area contributed by atoms with Crippen LogP contribution in [0.4, 0.5) is 0 Å². The summed E-state index contributed by atoms with van der Waals surface area (Å²) in [4.78, 5) is 12.7. The highest BCUT2D eigenvalue weighted by atomic mass is 16.4. The second kappa shape index (κ2) is 14.7. The van der Waals surface area contributed by atoms with E-state index in [0.29, 0.717) is 12.2 Å². The fourth-order valence-corrected chi connectivity index (χ4v) is 3.18. The molecule has 1 unspecified atom stereocenters. The maximum absolute atomic E-state index is 11.4. The van der Waals surface area contributed by atoms with Gasteiger partial charge in [-0.3, -0.25) is 0 Å². The quantitative estimate of drug-likeness (QED) is 0.376. The van der Waals surface area contributed by atoms with E-state index in [0.717, 1.165) is 32.1 Å². The lowest BCUT2D eigenvalue weighted by atomic mass is 10.1. The third kappa shape index (κ3) is 9.88. The first kappa shape index (κ1) is 22.6. The summed E-state index contributed by atoms with van der Waals surface area (Å²) < 4.78 is 0. The molecule has 1 aromatic heterocycles. The van der Waals surface area contributed by atoms with Crippen molar-refractivity contribution in [3.8, 4) is 0 Å². The normalized spacial score (nSPS) is 12.4. The molecule has 0 bridgehead atoms. The van der Waals surface area contributed by atoms with Crippen LogP contribution in [0.2, 0.25) is 0 Å². The molecule has 1 rings (SSSR count). The van der Waals surface area contributed by atoms with Crippen molar-refractivity contribution >= 4 is 5.97 Å². The Kier molecular flexibility index (Phi) is 12.8. The molecule has 0 saturated heterocycles. The molecule has 0 amide bonds. The molecule has 0 aliphatic carbocycles. The Morgan fingerprint density at radius 2 is 1.42 bits per heavy atom.